The van der Waals surface area contributed by atoms with Gasteiger partial charge in [-0.3, -0.25) is 9.48 Å². The summed E-state index contributed by atoms with van der Waals surface area (Å²) >= 11 is 0. The first-order valence-electron chi connectivity index (χ1n) is 13.9. The third-order valence-electron chi connectivity index (χ3n) is 7.03. The second kappa shape index (κ2) is 12.6. The molecule has 14 heteroatoms. The SMILES string of the molecule is Cn1cc2cc(-n3nc4c(COC5CCCCO5)cc(OCC(F)F)nc4c(-c4ccc(OC(F)F)cc4)c3=O)ccc2n1. The first-order valence-corrected chi connectivity index (χ1v) is 13.9. The average molecular weight is 614 g/mol. The van der Waals surface area contributed by atoms with Gasteiger partial charge in [-0.25, -0.2) is 13.8 Å². The van der Waals surface area contributed by atoms with Gasteiger partial charge in [0.2, 0.25) is 5.88 Å². The molecule has 5 aromatic rings. The van der Waals surface area contributed by atoms with Gasteiger partial charge < -0.3 is 18.9 Å². The van der Waals surface area contributed by atoms with E-state index >= 15 is 0 Å². The summed E-state index contributed by atoms with van der Waals surface area (Å²) in [4.78, 5) is 18.6. The molecule has 0 amide bonds. The van der Waals surface area contributed by atoms with Gasteiger partial charge in [0.05, 0.1) is 23.4 Å². The summed E-state index contributed by atoms with van der Waals surface area (Å²) in [6.45, 7) is -3.44. The van der Waals surface area contributed by atoms with E-state index in [0.717, 1.165) is 18.2 Å². The third-order valence-corrected chi connectivity index (χ3v) is 7.03. The maximum Gasteiger partial charge on any atom is 0.387 e. The molecule has 1 aliphatic heterocycles. The molecule has 1 fully saturated rings. The Labute approximate surface area is 247 Å². The Morgan fingerprint density at radius 3 is 2.57 bits per heavy atom. The minimum atomic E-state index is -3.03. The monoisotopic (exact) mass is 613 g/mol. The predicted molar refractivity (Wildman–Crippen MR) is 151 cm³/mol. The van der Waals surface area contributed by atoms with Crippen molar-refractivity contribution in [1.82, 2.24) is 24.5 Å². The van der Waals surface area contributed by atoms with Crippen LogP contribution in [0.1, 0.15) is 24.8 Å². The van der Waals surface area contributed by atoms with Crippen LogP contribution in [0.15, 0.2) is 59.5 Å². The van der Waals surface area contributed by atoms with Crippen LogP contribution in [0.5, 0.6) is 11.6 Å². The van der Waals surface area contributed by atoms with Gasteiger partial charge in [-0.15, -0.1) is 0 Å². The van der Waals surface area contributed by atoms with Crippen LogP contribution in [0.4, 0.5) is 17.6 Å². The molecule has 2 aromatic carbocycles. The Balaban J connectivity index is 1.55. The van der Waals surface area contributed by atoms with E-state index in [1.165, 1.54) is 35.0 Å². The summed E-state index contributed by atoms with van der Waals surface area (Å²) in [5, 5.41) is 9.81. The van der Waals surface area contributed by atoms with E-state index in [9.17, 15) is 22.4 Å². The lowest BCUT2D eigenvalue weighted by atomic mass is 10.0. The molecule has 6 rings (SSSR count). The molecule has 1 saturated heterocycles. The first kappa shape index (κ1) is 29.5. The van der Waals surface area contributed by atoms with Crippen LogP contribution < -0.4 is 15.0 Å². The molecule has 1 aliphatic rings. The number of hydrogen-bond acceptors (Lipinski definition) is 8. The van der Waals surface area contributed by atoms with E-state index in [-0.39, 0.29) is 34.8 Å². The van der Waals surface area contributed by atoms with Crippen molar-refractivity contribution in [3.8, 4) is 28.4 Å². The number of alkyl halides is 4. The Bertz CT molecular complexity index is 1840. The number of nitrogens with zero attached hydrogens (tertiary/aromatic N) is 5. The van der Waals surface area contributed by atoms with Gasteiger partial charge in [0.25, 0.3) is 12.0 Å². The van der Waals surface area contributed by atoms with Crippen LogP contribution >= 0.6 is 0 Å². The van der Waals surface area contributed by atoms with Crippen LogP contribution in [0.2, 0.25) is 0 Å². The number of rotatable bonds is 10. The van der Waals surface area contributed by atoms with E-state index in [4.69, 9.17) is 14.2 Å². The van der Waals surface area contributed by atoms with E-state index in [0.29, 0.717) is 35.4 Å². The van der Waals surface area contributed by atoms with E-state index in [1.54, 1.807) is 36.1 Å². The van der Waals surface area contributed by atoms with E-state index in [2.05, 4.69) is 19.9 Å². The first-order chi connectivity index (χ1) is 21.2. The van der Waals surface area contributed by atoms with Gasteiger partial charge in [0.1, 0.15) is 16.8 Å². The van der Waals surface area contributed by atoms with E-state index in [1.807, 2.05) is 0 Å². The van der Waals surface area contributed by atoms with Gasteiger partial charge >= 0.3 is 6.61 Å². The van der Waals surface area contributed by atoms with Crippen molar-refractivity contribution in [2.24, 2.45) is 7.05 Å². The lowest BCUT2D eigenvalue weighted by molar-refractivity contribution is -0.168. The van der Waals surface area contributed by atoms with Gasteiger partial charge in [0.15, 0.2) is 12.9 Å². The van der Waals surface area contributed by atoms with Crippen LogP contribution in [-0.2, 0) is 23.1 Å². The molecule has 3 aromatic heterocycles. The highest BCUT2D eigenvalue weighted by Gasteiger charge is 2.23. The Hall–Kier alpha value is -4.56. The lowest BCUT2D eigenvalue weighted by Crippen LogP contribution is -2.25. The fourth-order valence-electron chi connectivity index (χ4n) is 5.07. The van der Waals surface area contributed by atoms with Crippen molar-refractivity contribution >= 4 is 21.9 Å². The average Bonchev–Trinajstić information content (AvgIpc) is 3.38. The predicted octanol–water partition coefficient (Wildman–Crippen LogP) is 5.62. The number of aromatic nitrogens is 5. The molecule has 0 saturated carbocycles. The van der Waals surface area contributed by atoms with Crippen molar-refractivity contribution in [3.05, 3.63) is 70.6 Å². The van der Waals surface area contributed by atoms with Crippen LogP contribution in [-0.4, -0.2) is 57.1 Å². The minimum Gasteiger partial charge on any atom is -0.472 e. The normalized spacial score (nSPS) is 15.5. The minimum absolute atomic E-state index is 0.0395. The summed E-state index contributed by atoms with van der Waals surface area (Å²) < 4.78 is 76.1. The maximum absolute atomic E-state index is 14.2. The van der Waals surface area contributed by atoms with Gasteiger partial charge in [-0.1, -0.05) is 12.1 Å². The van der Waals surface area contributed by atoms with Gasteiger partial charge in [-0.05, 0) is 55.2 Å². The molecule has 230 valence electrons. The summed E-state index contributed by atoms with van der Waals surface area (Å²) in [6.07, 6.45) is 1.08. The highest BCUT2D eigenvalue weighted by atomic mass is 19.3. The van der Waals surface area contributed by atoms with Crippen molar-refractivity contribution in [2.45, 2.75) is 45.2 Å². The van der Waals surface area contributed by atoms with Crippen molar-refractivity contribution in [1.29, 1.82) is 0 Å². The van der Waals surface area contributed by atoms with Crippen molar-refractivity contribution in [2.75, 3.05) is 13.2 Å². The number of ether oxygens (including phenoxy) is 4. The van der Waals surface area contributed by atoms with Crippen molar-refractivity contribution < 1.29 is 36.5 Å². The lowest BCUT2D eigenvalue weighted by Gasteiger charge is -2.23. The Morgan fingerprint density at radius 1 is 1.02 bits per heavy atom. The number of fused-ring (bicyclic) bond motifs is 2. The Kier molecular flexibility index (Phi) is 8.44. The van der Waals surface area contributed by atoms with Crippen molar-refractivity contribution in [3.63, 3.8) is 0 Å². The smallest absolute Gasteiger partial charge is 0.387 e. The molecule has 0 aliphatic carbocycles. The van der Waals surface area contributed by atoms with Crippen LogP contribution in [0.25, 0.3) is 38.8 Å². The maximum atomic E-state index is 14.2. The number of benzene rings is 2. The van der Waals surface area contributed by atoms with Crippen LogP contribution in [0, 0.1) is 0 Å². The molecule has 1 unspecified atom stereocenters. The fourth-order valence-corrected chi connectivity index (χ4v) is 5.07. The molecule has 0 radical (unpaired) electrons. The molecular formula is C30H27F4N5O5. The summed E-state index contributed by atoms with van der Waals surface area (Å²) in [5.41, 5.74) is 1.63. The number of halogens is 4. The molecule has 0 bridgehead atoms. The third kappa shape index (κ3) is 6.36. The number of aryl methyl sites for hydroxylation is 1. The standard InChI is InChI=1S/C30H27F4N5O5/c1-38-14-18-12-20(7-10-22(18)36-38)39-29(40)26(17-5-8-21(9-6-17)44-30(33)34)28-27(37-39)19(13-24(35-28)42-16-23(31)32)15-43-25-4-2-3-11-41-25/h5-10,12-14,23,25,30H,2-4,11,15-16H2,1H3. The van der Waals surface area contributed by atoms with Gasteiger partial charge in [0, 0.05) is 36.9 Å². The zero-order chi connectivity index (χ0) is 30.8. The topological polar surface area (TPSA) is 103 Å². The fraction of sp³-hybridized carbons (Fsp3) is 0.333. The summed E-state index contributed by atoms with van der Waals surface area (Å²) in [6, 6.07) is 12.1. The largest absolute Gasteiger partial charge is 0.472 e. The van der Waals surface area contributed by atoms with E-state index < -0.39 is 31.5 Å². The number of pyridine rings is 1. The van der Waals surface area contributed by atoms with Crippen LogP contribution in [0.3, 0.4) is 0 Å². The molecule has 4 heterocycles. The molecule has 1 atom stereocenters. The quantitative estimate of drug-likeness (QED) is 0.187. The summed E-state index contributed by atoms with van der Waals surface area (Å²) in [5.74, 6) is -0.268. The summed E-state index contributed by atoms with van der Waals surface area (Å²) in [7, 11) is 1.78. The molecule has 44 heavy (non-hydrogen) atoms. The highest BCUT2D eigenvalue weighted by Crippen LogP contribution is 2.31. The highest BCUT2D eigenvalue weighted by molar-refractivity contribution is 5.93. The zero-order valence-corrected chi connectivity index (χ0v) is 23.5. The molecule has 0 N–H and O–H groups in total. The molecular weight excluding hydrogens is 586 g/mol. The molecule has 0 spiro atoms. The molecule has 10 nitrogen and oxygen atoms in total. The Morgan fingerprint density at radius 2 is 1.84 bits per heavy atom. The zero-order valence-electron chi connectivity index (χ0n) is 23.5. The van der Waals surface area contributed by atoms with Gasteiger partial charge in [-0.2, -0.15) is 23.7 Å². The second-order valence-corrected chi connectivity index (χ2v) is 10.2. The number of hydrogen-bond donors (Lipinski definition) is 0. The second-order valence-electron chi connectivity index (χ2n) is 10.2.